The second kappa shape index (κ2) is 5.09. The van der Waals surface area contributed by atoms with Crippen LogP contribution in [0.5, 0.6) is 0 Å². The van der Waals surface area contributed by atoms with Gasteiger partial charge >= 0.3 is 0 Å². The molecule has 2 heterocycles. The van der Waals surface area contributed by atoms with Crippen molar-refractivity contribution in [2.45, 2.75) is 12.8 Å². The summed E-state index contributed by atoms with van der Waals surface area (Å²) in [5.41, 5.74) is 0. The molecule has 1 N–H and O–H groups in total. The minimum Gasteiger partial charge on any atom is -0.333 e. The fourth-order valence-corrected chi connectivity index (χ4v) is 1.77. The molecule has 0 atom stereocenters. The molecule has 1 fully saturated rings. The third-order valence-electron chi connectivity index (χ3n) is 2.42. The summed E-state index contributed by atoms with van der Waals surface area (Å²) < 4.78 is 0. The van der Waals surface area contributed by atoms with Crippen molar-refractivity contribution < 1.29 is 9.59 Å². The monoisotopic (exact) mass is 254 g/mol. The van der Waals surface area contributed by atoms with Crippen LogP contribution in [0.2, 0.25) is 5.15 Å². The van der Waals surface area contributed by atoms with Crippen molar-refractivity contribution in [1.82, 2.24) is 14.9 Å². The molecule has 17 heavy (non-hydrogen) atoms. The Labute approximate surface area is 103 Å². The average Bonchev–Trinajstić information content (AvgIpc) is 2.68. The highest BCUT2D eigenvalue weighted by atomic mass is 35.5. The van der Waals surface area contributed by atoms with Crippen molar-refractivity contribution in [3.05, 3.63) is 17.5 Å². The maximum absolute atomic E-state index is 11.6. The molecule has 1 aliphatic heterocycles. The van der Waals surface area contributed by atoms with Gasteiger partial charge in [0.25, 0.3) is 0 Å². The number of hydrogen-bond acceptors (Lipinski definition) is 4. The largest absolute Gasteiger partial charge is 0.333 e. The van der Waals surface area contributed by atoms with E-state index in [0.29, 0.717) is 13.0 Å². The Morgan fingerprint density at radius 1 is 1.47 bits per heavy atom. The van der Waals surface area contributed by atoms with Gasteiger partial charge in [-0.05, 0) is 6.42 Å². The fourth-order valence-electron chi connectivity index (χ4n) is 1.62. The number of likely N-dealkylation sites (tertiary alicyclic amines) is 1. The molecule has 7 heteroatoms. The van der Waals surface area contributed by atoms with E-state index in [1.165, 1.54) is 17.3 Å². The van der Waals surface area contributed by atoms with Crippen LogP contribution in [0, 0.1) is 0 Å². The van der Waals surface area contributed by atoms with E-state index in [1.54, 1.807) is 0 Å². The molecule has 1 aromatic rings. The first-order valence-corrected chi connectivity index (χ1v) is 5.59. The highest BCUT2D eigenvalue weighted by Gasteiger charge is 2.22. The zero-order valence-corrected chi connectivity index (χ0v) is 9.78. The lowest BCUT2D eigenvalue weighted by atomic mass is 10.4. The lowest BCUT2D eigenvalue weighted by molar-refractivity contribution is -0.131. The van der Waals surface area contributed by atoms with E-state index in [0.717, 1.165) is 6.42 Å². The molecule has 0 saturated carbocycles. The van der Waals surface area contributed by atoms with Gasteiger partial charge in [0.05, 0.1) is 6.54 Å². The van der Waals surface area contributed by atoms with Crippen LogP contribution in [-0.2, 0) is 9.59 Å². The smallest absolute Gasteiger partial charge is 0.245 e. The first-order chi connectivity index (χ1) is 8.16. The highest BCUT2D eigenvalue weighted by molar-refractivity contribution is 6.32. The van der Waals surface area contributed by atoms with E-state index in [1.807, 2.05) is 0 Å². The topological polar surface area (TPSA) is 75.2 Å². The van der Waals surface area contributed by atoms with E-state index in [4.69, 9.17) is 11.6 Å². The number of carbonyl (C=O) groups excluding carboxylic acids is 2. The second-order valence-electron chi connectivity index (χ2n) is 3.66. The predicted molar refractivity (Wildman–Crippen MR) is 61.5 cm³/mol. The van der Waals surface area contributed by atoms with E-state index in [-0.39, 0.29) is 29.3 Å². The van der Waals surface area contributed by atoms with Crippen LogP contribution in [-0.4, -0.2) is 39.8 Å². The number of hydrogen-bond donors (Lipinski definition) is 1. The lowest BCUT2D eigenvalue weighted by Gasteiger charge is -2.14. The average molecular weight is 255 g/mol. The molecule has 0 radical (unpaired) electrons. The Morgan fingerprint density at radius 2 is 2.24 bits per heavy atom. The lowest BCUT2D eigenvalue weighted by Crippen LogP contribution is -2.34. The molecule has 1 aromatic heterocycles. The van der Waals surface area contributed by atoms with Crippen LogP contribution in [0.1, 0.15) is 12.8 Å². The number of aromatic nitrogens is 2. The SMILES string of the molecule is O=C(CN1CCCC1=O)Nc1nccnc1Cl. The number of halogens is 1. The van der Waals surface area contributed by atoms with Crippen LogP contribution in [0.4, 0.5) is 5.82 Å². The molecule has 6 nitrogen and oxygen atoms in total. The molecular weight excluding hydrogens is 244 g/mol. The van der Waals surface area contributed by atoms with Crippen molar-refractivity contribution in [2.75, 3.05) is 18.4 Å². The van der Waals surface area contributed by atoms with Gasteiger partial charge in [-0.15, -0.1) is 0 Å². The Hall–Kier alpha value is -1.69. The quantitative estimate of drug-likeness (QED) is 0.861. The molecule has 0 aliphatic carbocycles. The molecule has 0 spiro atoms. The molecule has 2 amide bonds. The van der Waals surface area contributed by atoms with Gasteiger partial charge < -0.3 is 10.2 Å². The van der Waals surface area contributed by atoms with Crippen molar-refractivity contribution in [2.24, 2.45) is 0 Å². The van der Waals surface area contributed by atoms with Crippen LogP contribution < -0.4 is 5.32 Å². The maximum Gasteiger partial charge on any atom is 0.245 e. The summed E-state index contributed by atoms with van der Waals surface area (Å²) in [4.78, 5) is 32.1. The first kappa shape index (κ1) is 11.8. The molecule has 1 aliphatic rings. The van der Waals surface area contributed by atoms with Gasteiger partial charge in [0.15, 0.2) is 11.0 Å². The number of rotatable bonds is 3. The third kappa shape index (κ3) is 2.91. The number of nitrogens with zero attached hydrogens (tertiary/aromatic N) is 3. The number of anilines is 1. The molecule has 90 valence electrons. The summed E-state index contributed by atoms with van der Waals surface area (Å²) in [6.45, 7) is 0.659. The van der Waals surface area contributed by atoms with Crippen LogP contribution >= 0.6 is 11.6 Å². The molecule has 0 aromatic carbocycles. The minimum absolute atomic E-state index is 0.00499. The number of carbonyl (C=O) groups is 2. The van der Waals surface area contributed by atoms with Gasteiger partial charge in [-0.3, -0.25) is 9.59 Å². The molecule has 0 bridgehead atoms. The van der Waals surface area contributed by atoms with Crippen molar-refractivity contribution >= 4 is 29.2 Å². The number of nitrogens with one attached hydrogen (secondary N) is 1. The van der Waals surface area contributed by atoms with Gasteiger partial charge in [-0.1, -0.05) is 11.6 Å². The fraction of sp³-hybridized carbons (Fsp3) is 0.400. The van der Waals surface area contributed by atoms with Gasteiger partial charge in [0, 0.05) is 25.4 Å². The summed E-state index contributed by atoms with van der Waals surface area (Å²) in [6, 6.07) is 0. The third-order valence-corrected chi connectivity index (χ3v) is 2.69. The van der Waals surface area contributed by atoms with Crippen LogP contribution in [0.15, 0.2) is 12.4 Å². The summed E-state index contributed by atoms with van der Waals surface area (Å²) >= 11 is 5.74. The summed E-state index contributed by atoms with van der Waals surface area (Å²) in [5, 5.41) is 2.65. The minimum atomic E-state index is -0.317. The van der Waals surface area contributed by atoms with Gasteiger partial charge in [-0.25, -0.2) is 9.97 Å². The molecular formula is C10H11ClN4O2. The number of amides is 2. The zero-order chi connectivity index (χ0) is 12.3. The van der Waals surface area contributed by atoms with E-state index >= 15 is 0 Å². The van der Waals surface area contributed by atoms with Crippen molar-refractivity contribution in [3.63, 3.8) is 0 Å². The molecule has 1 saturated heterocycles. The Bertz CT molecular complexity index is 452. The van der Waals surface area contributed by atoms with Gasteiger partial charge in [0.1, 0.15) is 0 Å². The van der Waals surface area contributed by atoms with Crippen molar-refractivity contribution in [1.29, 1.82) is 0 Å². The predicted octanol–water partition coefficient (Wildman–Crippen LogP) is 0.691. The van der Waals surface area contributed by atoms with Crippen LogP contribution in [0.25, 0.3) is 0 Å². The Balaban J connectivity index is 1.93. The first-order valence-electron chi connectivity index (χ1n) is 5.21. The standard InChI is InChI=1S/C10H11ClN4O2/c11-9-10(13-4-3-12-9)14-7(16)6-15-5-1-2-8(15)17/h3-4H,1-2,5-6H2,(H,13,14,16). The zero-order valence-electron chi connectivity index (χ0n) is 9.02. The van der Waals surface area contributed by atoms with E-state index in [9.17, 15) is 9.59 Å². The second-order valence-corrected chi connectivity index (χ2v) is 4.02. The summed E-state index contributed by atoms with van der Waals surface area (Å²) in [6.07, 6.45) is 4.18. The molecule has 2 rings (SSSR count). The van der Waals surface area contributed by atoms with Crippen molar-refractivity contribution in [3.8, 4) is 0 Å². The van der Waals surface area contributed by atoms with Gasteiger partial charge in [0.2, 0.25) is 11.8 Å². The van der Waals surface area contributed by atoms with Crippen LogP contribution in [0.3, 0.4) is 0 Å². The Kier molecular flexibility index (Phi) is 3.53. The highest BCUT2D eigenvalue weighted by Crippen LogP contribution is 2.14. The van der Waals surface area contributed by atoms with E-state index < -0.39 is 0 Å². The summed E-state index contributed by atoms with van der Waals surface area (Å²) in [7, 11) is 0. The normalized spacial score (nSPS) is 15.1. The van der Waals surface area contributed by atoms with E-state index in [2.05, 4.69) is 15.3 Å². The van der Waals surface area contributed by atoms with Gasteiger partial charge in [-0.2, -0.15) is 0 Å². The molecule has 0 unspecified atom stereocenters. The maximum atomic E-state index is 11.6. The summed E-state index contributed by atoms with van der Waals surface area (Å²) in [5.74, 6) is -0.0983. The Morgan fingerprint density at radius 3 is 2.88 bits per heavy atom.